The largest absolute Gasteiger partial charge is 0.493 e. The molecule has 1 fully saturated rings. The zero-order valence-corrected chi connectivity index (χ0v) is 50.2. The number of methoxy groups -OCH3 is 2. The minimum absolute atomic E-state index is 0.130. The molecular formula is C66H76N10O11. The Balaban J connectivity index is 0.698. The number of nitrogens with one attached hydrogen (secondary N) is 2. The molecule has 21 nitrogen and oxygen atoms in total. The Morgan fingerprint density at radius 2 is 1.22 bits per heavy atom. The van der Waals surface area contributed by atoms with Gasteiger partial charge in [-0.3, -0.25) is 48.4 Å². The smallest absolute Gasteiger partial charge is 0.260 e. The van der Waals surface area contributed by atoms with Crippen molar-refractivity contribution in [2.45, 2.75) is 103 Å². The lowest BCUT2D eigenvalue weighted by Crippen LogP contribution is -2.53. The van der Waals surface area contributed by atoms with E-state index < -0.39 is 47.5 Å². The molecule has 1 saturated heterocycles. The number of amides is 7. The topological polar surface area (TPSA) is 247 Å². The molecule has 0 radical (unpaired) electrons. The lowest BCUT2D eigenvalue weighted by Gasteiger charge is -2.35. The molecule has 4 aromatic rings. The summed E-state index contributed by atoms with van der Waals surface area (Å²) in [5.41, 5.74) is 12.6. The number of unbranched alkanes of at least 4 members (excludes halogenated alkanes) is 3. The summed E-state index contributed by atoms with van der Waals surface area (Å²) in [5, 5.41) is 5.70. The summed E-state index contributed by atoms with van der Waals surface area (Å²) in [6.45, 7) is 10.0. The first-order chi connectivity index (χ1) is 42.0. The van der Waals surface area contributed by atoms with E-state index in [-0.39, 0.29) is 42.7 Å². The fourth-order valence-electron chi connectivity index (χ4n) is 12.0. The molecule has 6 aliphatic rings. The maximum Gasteiger partial charge on any atom is 0.260 e. The number of carbonyl (C=O) groups is 7. The molecule has 456 valence electrons. The van der Waals surface area contributed by atoms with Crippen LogP contribution in [0, 0.1) is 11.8 Å². The van der Waals surface area contributed by atoms with E-state index in [9.17, 15) is 33.6 Å². The number of anilines is 2. The Bertz CT molecular complexity index is 3460. The predicted molar refractivity (Wildman–Crippen MR) is 332 cm³/mol. The third-order valence-electron chi connectivity index (χ3n) is 16.9. The second kappa shape index (κ2) is 27.1. The third kappa shape index (κ3) is 13.8. The van der Waals surface area contributed by atoms with Gasteiger partial charge in [0, 0.05) is 106 Å². The first-order valence-electron chi connectivity index (χ1n) is 29.9. The highest BCUT2D eigenvalue weighted by molar-refractivity contribution is 6.13. The van der Waals surface area contributed by atoms with Crippen molar-refractivity contribution >= 4 is 87.7 Å². The first-order valence-corrected chi connectivity index (χ1v) is 29.9. The molecule has 0 saturated carbocycles. The van der Waals surface area contributed by atoms with Crippen molar-refractivity contribution in [2.24, 2.45) is 27.6 Å². The van der Waals surface area contributed by atoms with Crippen molar-refractivity contribution in [3.8, 4) is 23.0 Å². The van der Waals surface area contributed by atoms with Gasteiger partial charge in [0.05, 0.1) is 74.0 Å². The van der Waals surface area contributed by atoms with Crippen molar-refractivity contribution in [3.63, 3.8) is 0 Å². The van der Waals surface area contributed by atoms with Crippen LogP contribution in [0.2, 0.25) is 0 Å². The zero-order valence-electron chi connectivity index (χ0n) is 50.2. The molecule has 87 heavy (non-hydrogen) atoms. The SMILES string of the molecule is COc1cc2c(cc1OCCCCCOc1cc3c(cc1OC)C(=O)N1C=C(c4cccc(NC(=O)[C@H](C)NC(=O)[C@@H](C(C)C)C(CCCCC(N)=O)N5C(=O)C=CC5=O)c4)C[C@H]1C=N3)N=C[C@@H]1CC(c3ccc(N4CCN(C)CC4)cc3)=CN1C2=O. The molecule has 0 spiro atoms. The van der Waals surface area contributed by atoms with Crippen LogP contribution in [0.1, 0.15) is 110 Å². The van der Waals surface area contributed by atoms with Gasteiger partial charge in [-0.1, -0.05) is 44.5 Å². The van der Waals surface area contributed by atoms with Gasteiger partial charge in [0.15, 0.2) is 23.0 Å². The number of primary amides is 1. The first kappa shape index (κ1) is 61.0. The molecule has 4 aromatic carbocycles. The van der Waals surface area contributed by atoms with E-state index >= 15 is 0 Å². The van der Waals surface area contributed by atoms with Gasteiger partial charge in [0.25, 0.3) is 23.6 Å². The molecule has 21 heteroatoms. The lowest BCUT2D eigenvalue weighted by molar-refractivity contribution is -0.144. The number of ether oxygens (including phenoxy) is 4. The summed E-state index contributed by atoms with van der Waals surface area (Å²) >= 11 is 0. The Morgan fingerprint density at radius 1 is 0.655 bits per heavy atom. The van der Waals surface area contributed by atoms with Gasteiger partial charge in [-0.15, -0.1) is 0 Å². The Labute approximate surface area is 506 Å². The number of nitrogens with zero attached hydrogens (tertiary/aromatic N) is 7. The summed E-state index contributed by atoms with van der Waals surface area (Å²) in [5.74, 6) is -2.27. The molecule has 6 aliphatic heterocycles. The van der Waals surface area contributed by atoms with Gasteiger partial charge < -0.3 is 54.9 Å². The normalized spacial score (nSPS) is 18.9. The van der Waals surface area contributed by atoms with Gasteiger partial charge in [0.1, 0.15) is 6.04 Å². The maximum absolute atomic E-state index is 14.2. The van der Waals surface area contributed by atoms with E-state index in [1.807, 2.05) is 32.3 Å². The van der Waals surface area contributed by atoms with E-state index in [0.29, 0.717) is 103 Å². The maximum atomic E-state index is 14.2. The lowest BCUT2D eigenvalue weighted by atomic mass is 9.83. The summed E-state index contributed by atoms with van der Waals surface area (Å²) in [6, 6.07) is 20.3. The van der Waals surface area contributed by atoms with Crippen LogP contribution in [0.15, 0.2) is 107 Å². The van der Waals surface area contributed by atoms with Crippen LogP contribution in [-0.4, -0.2) is 158 Å². The van der Waals surface area contributed by atoms with E-state index in [4.69, 9.17) is 34.7 Å². The standard InChI is InChI=1S/C66H76N10O11/c1-40(2)62(54(15-8-9-16-59(67)77)76-60(78)21-22-61(76)79)64(81)70-41(3)63(80)71-46-14-12-13-43(29-46)45-31-49-37-69-53-35-58(56(85-6)33-51(53)66(83)75(49)39-45)87-28-11-7-10-27-86-57-34-52-50(32-55(57)84-5)65(82)74-38-44(30-48(74)36-68-52)42-17-19-47(20-18-42)73-25-23-72(4)24-26-73/h12-14,17-22,29,32-41,48-49,54,62H,7-11,15-16,23-28,30-31H2,1-6H3,(H2,67,77)(H,70,81)(H,71,80)/t41-,48-,49-,54?,62-/m0/s1. The molecule has 0 bridgehead atoms. The van der Waals surface area contributed by atoms with Crippen LogP contribution in [0.5, 0.6) is 23.0 Å². The van der Waals surface area contributed by atoms with Crippen LogP contribution in [-0.2, 0) is 24.0 Å². The molecule has 7 amide bonds. The molecular weight excluding hydrogens is 1110 g/mol. The van der Waals surface area contributed by atoms with Crippen molar-refractivity contribution in [1.29, 1.82) is 0 Å². The van der Waals surface area contributed by atoms with E-state index in [2.05, 4.69) is 51.7 Å². The average molecular weight is 1190 g/mol. The molecule has 0 aliphatic carbocycles. The van der Waals surface area contributed by atoms with E-state index in [1.54, 1.807) is 78.7 Å². The Hall–Kier alpha value is -9.11. The quantitative estimate of drug-likeness (QED) is 0.0420. The minimum Gasteiger partial charge on any atom is -0.493 e. The number of nitrogens with two attached hydrogens (primary N) is 1. The molecule has 1 unspecified atom stereocenters. The van der Waals surface area contributed by atoms with Gasteiger partial charge in [-0.25, -0.2) is 0 Å². The minimum atomic E-state index is -1.00. The van der Waals surface area contributed by atoms with Crippen molar-refractivity contribution in [1.82, 2.24) is 24.9 Å². The highest BCUT2D eigenvalue weighted by Gasteiger charge is 2.42. The summed E-state index contributed by atoms with van der Waals surface area (Å²) < 4.78 is 23.9. The number of fused-ring (bicyclic) bond motifs is 4. The van der Waals surface area contributed by atoms with Gasteiger partial charge in [-0.2, -0.15) is 0 Å². The van der Waals surface area contributed by atoms with Crippen molar-refractivity contribution < 1.29 is 52.5 Å². The molecule has 10 rings (SSSR count). The van der Waals surface area contributed by atoms with Crippen LogP contribution in [0.4, 0.5) is 22.7 Å². The summed E-state index contributed by atoms with van der Waals surface area (Å²) in [7, 11) is 5.23. The number of imide groups is 1. The second-order valence-corrected chi connectivity index (χ2v) is 23.2. The number of benzene rings is 4. The summed E-state index contributed by atoms with van der Waals surface area (Å²) in [4.78, 5) is 112. The highest BCUT2D eigenvalue weighted by Crippen LogP contribution is 2.42. The van der Waals surface area contributed by atoms with Crippen LogP contribution < -0.4 is 40.2 Å². The zero-order chi connectivity index (χ0) is 61.5. The molecule has 4 N–H and O–H groups in total. The highest BCUT2D eigenvalue weighted by atomic mass is 16.5. The number of aliphatic imine (C=N–C) groups is 2. The number of rotatable bonds is 25. The number of hydrogen-bond donors (Lipinski definition) is 3. The predicted octanol–water partition coefficient (Wildman–Crippen LogP) is 8.08. The monoisotopic (exact) mass is 1180 g/mol. The summed E-state index contributed by atoms with van der Waals surface area (Å²) in [6.07, 6.45) is 14.3. The molecule has 0 aromatic heterocycles. The van der Waals surface area contributed by atoms with E-state index in [1.165, 1.54) is 24.9 Å². The van der Waals surface area contributed by atoms with Gasteiger partial charge in [-0.05, 0) is 111 Å². The number of piperazine rings is 1. The number of hydrogen-bond acceptors (Lipinski definition) is 15. The van der Waals surface area contributed by atoms with Gasteiger partial charge >= 0.3 is 0 Å². The van der Waals surface area contributed by atoms with Crippen LogP contribution in [0.25, 0.3) is 11.1 Å². The number of carbonyl (C=O) groups excluding carboxylic acids is 7. The Kier molecular flexibility index (Phi) is 19.0. The van der Waals surface area contributed by atoms with Gasteiger partial charge in [0.2, 0.25) is 17.7 Å². The van der Waals surface area contributed by atoms with E-state index in [0.717, 1.165) is 59.8 Å². The fourth-order valence-corrected chi connectivity index (χ4v) is 12.0. The van der Waals surface area contributed by atoms with Crippen LogP contribution in [0.3, 0.4) is 0 Å². The molecule has 6 heterocycles. The van der Waals surface area contributed by atoms with Crippen molar-refractivity contribution in [2.75, 3.05) is 70.9 Å². The van der Waals surface area contributed by atoms with Crippen molar-refractivity contribution in [3.05, 3.63) is 120 Å². The Morgan fingerprint density at radius 3 is 1.76 bits per heavy atom. The fraction of sp³-hybridized carbons (Fsp3) is 0.409. The number of likely N-dealkylation sites (N-methyl/N-ethyl adjacent to an activating group) is 1. The average Bonchev–Trinajstić information content (AvgIpc) is 1.86. The second-order valence-electron chi connectivity index (χ2n) is 23.2. The third-order valence-corrected chi connectivity index (χ3v) is 16.9. The molecule has 5 atom stereocenters. The van der Waals surface area contributed by atoms with Crippen LogP contribution >= 0.6 is 0 Å².